The first-order valence-corrected chi connectivity index (χ1v) is 4.04. The van der Waals surface area contributed by atoms with Crippen LogP contribution in [-0.4, -0.2) is 33.0 Å². The van der Waals surface area contributed by atoms with Crippen molar-refractivity contribution < 1.29 is 13.1 Å². The van der Waals surface area contributed by atoms with Gasteiger partial charge in [0.15, 0.2) is 6.04 Å². The highest BCUT2D eigenvalue weighted by molar-refractivity contribution is 9.05. The Labute approximate surface area is 77.7 Å². The first-order valence-electron chi connectivity index (χ1n) is 2.99. The lowest BCUT2D eigenvalue weighted by molar-refractivity contribution is -0.578. The molecule has 1 fully saturated rings. The van der Waals surface area contributed by atoms with Crippen LogP contribution in [0.1, 0.15) is 6.92 Å². The number of nitrogens with zero attached hydrogens (tertiary/aromatic N) is 2. The predicted molar refractivity (Wildman–Crippen MR) is 42.7 cm³/mol. The first-order chi connectivity index (χ1) is 4.89. The molecule has 1 rings (SSSR count). The third-order valence-corrected chi connectivity index (χ3v) is 2.74. The second-order valence-electron chi connectivity index (χ2n) is 2.51. The molecule has 0 aromatic rings. The van der Waals surface area contributed by atoms with Crippen LogP contribution in [0.2, 0.25) is 0 Å². The predicted octanol–water partition coefficient (Wildman–Crippen LogP) is 1.25. The average Bonchev–Trinajstić information content (AvgIpc) is 2.06. The summed E-state index contributed by atoms with van der Waals surface area (Å²) >= 11 is 8.48. The van der Waals surface area contributed by atoms with Crippen molar-refractivity contribution in [2.24, 2.45) is 0 Å². The largest absolute Gasteiger partial charge is 0.452 e. The van der Waals surface area contributed by atoms with E-state index in [-0.39, 0.29) is 5.91 Å². The Morgan fingerprint density at radius 1 is 1.64 bits per heavy atom. The summed E-state index contributed by atoms with van der Waals surface area (Å²) in [7, 11) is 1.45. The molecule has 0 radical (unpaired) electrons. The molecule has 0 aliphatic carbocycles. The quantitative estimate of drug-likeness (QED) is 0.473. The van der Waals surface area contributed by atoms with E-state index in [0.29, 0.717) is 0 Å². The van der Waals surface area contributed by atoms with E-state index in [1.807, 2.05) is 0 Å². The summed E-state index contributed by atoms with van der Waals surface area (Å²) in [6.07, 6.45) is 0. The number of halogens is 2. The summed E-state index contributed by atoms with van der Waals surface area (Å²) < 4.78 is 0.425. The van der Waals surface area contributed by atoms with Gasteiger partial charge in [0.25, 0.3) is 0 Å². The third-order valence-electron chi connectivity index (χ3n) is 1.65. The molecule has 0 bridgehead atoms. The Kier molecular flexibility index (Phi) is 1.98. The van der Waals surface area contributed by atoms with Crippen molar-refractivity contribution in [3.05, 3.63) is 0 Å². The van der Waals surface area contributed by atoms with Crippen LogP contribution in [0.15, 0.2) is 0 Å². The van der Waals surface area contributed by atoms with E-state index in [0.717, 1.165) is 4.42 Å². The number of quaternary nitrogens is 1. The van der Waals surface area contributed by atoms with Crippen molar-refractivity contribution in [2.75, 3.05) is 7.05 Å². The summed E-state index contributed by atoms with van der Waals surface area (Å²) in [6, 6.07) is -1.02. The molecule has 0 saturated carbocycles. The topological polar surface area (TPSA) is 37.4 Å². The van der Waals surface area contributed by atoms with Crippen LogP contribution in [0.3, 0.4) is 0 Å². The molecule has 0 aromatic carbocycles. The highest BCUT2D eigenvalue weighted by Crippen LogP contribution is 2.29. The van der Waals surface area contributed by atoms with E-state index in [9.17, 15) is 9.59 Å². The van der Waals surface area contributed by atoms with Crippen LogP contribution in [0.5, 0.6) is 0 Å². The summed E-state index contributed by atoms with van der Waals surface area (Å²) in [6.45, 7) is 1.58. The summed E-state index contributed by atoms with van der Waals surface area (Å²) in [5.74, 6) is -0.259. The van der Waals surface area contributed by atoms with Gasteiger partial charge in [0, 0.05) is 11.8 Å². The lowest BCUT2D eigenvalue weighted by Gasteiger charge is -2.09. The van der Waals surface area contributed by atoms with E-state index < -0.39 is 15.6 Å². The van der Waals surface area contributed by atoms with Crippen molar-refractivity contribution >= 4 is 39.9 Å². The van der Waals surface area contributed by atoms with Gasteiger partial charge in [-0.3, -0.25) is 0 Å². The minimum absolute atomic E-state index is 0.259. The minimum Gasteiger partial charge on any atom is -0.227 e. The lowest BCUT2D eigenvalue weighted by Crippen LogP contribution is -2.39. The Morgan fingerprint density at radius 3 is 2.18 bits per heavy atom. The molecule has 3 amide bonds. The maximum atomic E-state index is 11.2. The van der Waals surface area contributed by atoms with Crippen LogP contribution in [0.4, 0.5) is 4.79 Å². The van der Waals surface area contributed by atoms with Gasteiger partial charge in [-0.05, 0) is 6.92 Å². The molecule has 2 unspecified atom stereocenters. The van der Waals surface area contributed by atoms with Crippen LogP contribution in [-0.2, 0) is 4.79 Å². The maximum absolute atomic E-state index is 11.2. The summed E-state index contributed by atoms with van der Waals surface area (Å²) in [5.41, 5.74) is 0. The van der Waals surface area contributed by atoms with Gasteiger partial charge in [0.1, 0.15) is 0 Å². The number of carbonyl (C=O) groups excluding carboxylic acids is 2. The molecule has 6 heteroatoms. The van der Waals surface area contributed by atoms with Crippen LogP contribution >= 0.6 is 27.9 Å². The second kappa shape index (κ2) is 2.43. The van der Waals surface area contributed by atoms with Gasteiger partial charge in [0.2, 0.25) is 16.1 Å². The molecular weight excluding hydrogens is 235 g/mol. The van der Waals surface area contributed by atoms with Crippen molar-refractivity contribution in [3.8, 4) is 0 Å². The Balaban J connectivity index is 3.06. The molecule has 4 nitrogen and oxygen atoms in total. The van der Waals surface area contributed by atoms with Gasteiger partial charge in [0.05, 0.1) is 7.05 Å². The number of likely N-dealkylation sites (N-methyl/N-ethyl adjacent to an activating group) is 1. The van der Waals surface area contributed by atoms with Gasteiger partial charge in [-0.25, -0.2) is 9.59 Å². The number of imide groups is 1. The van der Waals surface area contributed by atoms with E-state index in [1.165, 1.54) is 7.05 Å². The van der Waals surface area contributed by atoms with Crippen molar-refractivity contribution in [1.82, 2.24) is 4.42 Å². The fourth-order valence-electron chi connectivity index (χ4n) is 0.887. The number of carbonyl (C=O) groups is 2. The molecule has 2 atom stereocenters. The number of rotatable bonds is 0. The molecule has 1 aliphatic heterocycles. The molecule has 0 aromatic heterocycles. The number of amides is 3. The van der Waals surface area contributed by atoms with E-state index in [4.69, 9.17) is 11.8 Å². The normalized spacial score (nSPS) is 38.5. The summed E-state index contributed by atoms with van der Waals surface area (Å²) in [4.78, 5) is 22.4. The minimum atomic E-state index is -0.562. The Morgan fingerprint density at radius 2 is 2.09 bits per heavy atom. The average molecular weight is 242 g/mol. The SMILES string of the molecule is CC1C(=O)[N+](C)(Br)C(=O)N1Cl. The van der Waals surface area contributed by atoms with Crippen molar-refractivity contribution in [3.63, 3.8) is 0 Å². The number of hydrogen-bond acceptors (Lipinski definition) is 2. The van der Waals surface area contributed by atoms with E-state index >= 15 is 0 Å². The Hall–Kier alpha value is -0.130. The summed E-state index contributed by atoms with van der Waals surface area (Å²) in [5, 5.41) is 0. The van der Waals surface area contributed by atoms with Gasteiger partial charge in [-0.2, -0.15) is 4.42 Å². The van der Waals surface area contributed by atoms with Crippen LogP contribution < -0.4 is 0 Å². The fourth-order valence-corrected chi connectivity index (χ4v) is 1.68. The highest BCUT2D eigenvalue weighted by atomic mass is 79.9. The molecule has 0 spiro atoms. The Bertz CT molecular complexity index is 209. The molecule has 1 aliphatic rings. The monoisotopic (exact) mass is 241 g/mol. The first kappa shape index (κ1) is 8.96. The van der Waals surface area contributed by atoms with Crippen LogP contribution in [0, 0.1) is 0 Å². The van der Waals surface area contributed by atoms with Gasteiger partial charge in [-0.15, -0.1) is 3.51 Å². The maximum Gasteiger partial charge on any atom is 0.452 e. The van der Waals surface area contributed by atoms with E-state index in [2.05, 4.69) is 16.1 Å². The zero-order chi connectivity index (χ0) is 8.81. The van der Waals surface area contributed by atoms with Crippen molar-refractivity contribution in [2.45, 2.75) is 13.0 Å². The van der Waals surface area contributed by atoms with Gasteiger partial charge < -0.3 is 0 Å². The third kappa shape index (κ3) is 1.07. The second-order valence-corrected chi connectivity index (χ2v) is 4.29. The molecule has 1 saturated heterocycles. The zero-order valence-electron chi connectivity index (χ0n) is 6.04. The van der Waals surface area contributed by atoms with Gasteiger partial charge in [-0.1, -0.05) is 0 Å². The standard InChI is InChI=1S/C5H7BrClN2O2/c1-3-4(10)9(2,6)5(11)8(3)7/h3H,1-2H3/q+1. The van der Waals surface area contributed by atoms with Crippen molar-refractivity contribution in [1.29, 1.82) is 0 Å². The van der Waals surface area contributed by atoms with Gasteiger partial charge >= 0.3 is 11.9 Å². The smallest absolute Gasteiger partial charge is 0.227 e. The lowest BCUT2D eigenvalue weighted by atomic mass is 10.3. The number of urea groups is 1. The molecular formula is C5H7BrClN2O2+. The number of hydrogen-bond donors (Lipinski definition) is 0. The molecule has 1 heterocycles. The highest BCUT2D eigenvalue weighted by Gasteiger charge is 2.55. The fraction of sp³-hybridized carbons (Fsp3) is 0.600. The molecule has 62 valence electrons. The molecule has 0 N–H and O–H groups in total. The molecule has 11 heavy (non-hydrogen) atoms. The van der Waals surface area contributed by atoms with E-state index in [1.54, 1.807) is 6.92 Å². The zero-order valence-corrected chi connectivity index (χ0v) is 8.39. The van der Waals surface area contributed by atoms with Crippen LogP contribution in [0.25, 0.3) is 0 Å².